The first-order valence-electron chi connectivity index (χ1n) is 6.65. The highest BCUT2D eigenvalue weighted by atomic mass is 16.7. The number of nitrogens with one attached hydrogen (secondary N) is 1. The van der Waals surface area contributed by atoms with Crippen LogP contribution in [0.1, 0.15) is 32.1 Å². The Kier molecular flexibility index (Phi) is 3.07. The second kappa shape index (κ2) is 4.54. The molecule has 3 heterocycles. The zero-order valence-corrected chi connectivity index (χ0v) is 11.7. The van der Waals surface area contributed by atoms with E-state index < -0.39 is 17.7 Å². The molecule has 0 radical (unpaired) electrons. The Morgan fingerprint density at radius 2 is 2.10 bits per heavy atom. The first kappa shape index (κ1) is 13.5. The quantitative estimate of drug-likeness (QED) is 0.800. The van der Waals surface area contributed by atoms with E-state index in [2.05, 4.69) is 4.98 Å². The lowest BCUT2D eigenvalue weighted by atomic mass is 10.1. The zero-order valence-electron chi connectivity index (χ0n) is 11.7. The van der Waals surface area contributed by atoms with E-state index in [9.17, 15) is 9.59 Å². The molecule has 3 atom stereocenters. The van der Waals surface area contributed by atoms with Crippen LogP contribution < -0.4 is 11.2 Å². The van der Waals surface area contributed by atoms with Gasteiger partial charge in [-0.15, -0.1) is 0 Å². The number of ether oxygens (including phenoxy) is 3. The molecule has 0 spiro atoms. The maximum atomic E-state index is 11.9. The lowest BCUT2D eigenvalue weighted by Gasteiger charge is -2.36. The van der Waals surface area contributed by atoms with E-state index in [0.29, 0.717) is 18.6 Å². The van der Waals surface area contributed by atoms with E-state index in [-0.39, 0.29) is 17.8 Å². The zero-order chi connectivity index (χ0) is 14.5. The predicted molar refractivity (Wildman–Crippen MR) is 69.5 cm³/mol. The molecule has 110 valence electrons. The fraction of sp³-hybridized carbons (Fsp3) is 0.692. The molecule has 2 aliphatic heterocycles. The molecule has 0 saturated carbocycles. The van der Waals surface area contributed by atoms with Gasteiger partial charge in [-0.25, -0.2) is 4.79 Å². The first-order chi connectivity index (χ1) is 9.35. The molecule has 3 rings (SSSR count). The number of H-pyrrole nitrogens is 1. The number of nitrogens with zero attached hydrogens (tertiary/aromatic N) is 1. The fourth-order valence-corrected chi connectivity index (χ4v) is 2.63. The average Bonchev–Trinajstić information content (AvgIpc) is 2.74. The van der Waals surface area contributed by atoms with Gasteiger partial charge in [0.25, 0.3) is 5.56 Å². The van der Waals surface area contributed by atoms with Crippen molar-refractivity contribution >= 4 is 0 Å². The molecule has 7 heteroatoms. The predicted octanol–water partition coefficient (Wildman–Crippen LogP) is 0.284. The van der Waals surface area contributed by atoms with Gasteiger partial charge in [-0.3, -0.25) is 14.3 Å². The Labute approximate surface area is 115 Å². The van der Waals surface area contributed by atoms with E-state index >= 15 is 0 Å². The van der Waals surface area contributed by atoms with Crippen LogP contribution in [0.4, 0.5) is 0 Å². The summed E-state index contributed by atoms with van der Waals surface area (Å²) in [5.74, 6) is -0.634. The van der Waals surface area contributed by atoms with Crippen LogP contribution in [-0.2, 0) is 14.2 Å². The number of hydrogen-bond donors (Lipinski definition) is 1. The van der Waals surface area contributed by atoms with Crippen molar-refractivity contribution in [1.82, 2.24) is 9.55 Å². The number of rotatable bonds is 1. The van der Waals surface area contributed by atoms with Gasteiger partial charge < -0.3 is 14.2 Å². The van der Waals surface area contributed by atoms with Gasteiger partial charge in [-0.2, -0.15) is 0 Å². The average molecular weight is 282 g/mol. The Hall–Kier alpha value is -1.44. The lowest BCUT2D eigenvalue weighted by molar-refractivity contribution is -0.293. The van der Waals surface area contributed by atoms with Crippen LogP contribution in [-0.4, -0.2) is 34.2 Å². The van der Waals surface area contributed by atoms with Crippen molar-refractivity contribution < 1.29 is 14.2 Å². The smallest absolute Gasteiger partial charge is 0.330 e. The van der Waals surface area contributed by atoms with Crippen LogP contribution in [0.5, 0.6) is 0 Å². The molecule has 1 N–H and O–H groups in total. The van der Waals surface area contributed by atoms with Crippen molar-refractivity contribution in [3.63, 3.8) is 0 Å². The Balaban J connectivity index is 1.86. The minimum absolute atomic E-state index is 0.108. The summed E-state index contributed by atoms with van der Waals surface area (Å²) >= 11 is 0. The summed E-state index contributed by atoms with van der Waals surface area (Å²) in [7, 11) is 0. The lowest BCUT2D eigenvalue weighted by Crippen LogP contribution is -2.46. The maximum Gasteiger partial charge on any atom is 0.330 e. The van der Waals surface area contributed by atoms with Crippen molar-refractivity contribution in [1.29, 1.82) is 0 Å². The summed E-state index contributed by atoms with van der Waals surface area (Å²) < 4.78 is 18.6. The van der Waals surface area contributed by atoms with E-state index in [1.807, 2.05) is 13.8 Å². The molecule has 0 bridgehead atoms. The minimum atomic E-state index is -0.634. The largest absolute Gasteiger partial charge is 0.349 e. The van der Waals surface area contributed by atoms with Crippen molar-refractivity contribution in [2.24, 2.45) is 0 Å². The molecule has 0 unspecified atom stereocenters. The third-order valence-electron chi connectivity index (χ3n) is 3.67. The summed E-state index contributed by atoms with van der Waals surface area (Å²) in [4.78, 5) is 25.5. The van der Waals surface area contributed by atoms with E-state index in [4.69, 9.17) is 14.2 Å². The standard InChI is InChI=1S/C13H18N2O5/c1-7-5-15(12(17)14-11(7)16)10-4-8-9(19-10)6-18-13(2,3)20-8/h5,8-10H,4,6H2,1-3H3,(H,14,16,17)/t8-,9-,10-/m0/s1. The first-order valence-corrected chi connectivity index (χ1v) is 6.65. The van der Waals surface area contributed by atoms with Gasteiger partial charge in [-0.05, 0) is 20.8 Å². The highest BCUT2D eigenvalue weighted by Gasteiger charge is 2.44. The minimum Gasteiger partial charge on any atom is -0.349 e. The summed E-state index contributed by atoms with van der Waals surface area (Å²) in [6.07, 6.45) is 1.35. The van der Waals surface area contributed by atoms with Crippen molar-refractivity contribution in [2.45, 2.75) is 51.4 Å². The summed E-state index contributed by atoms with van der Waals surface area (Å²) in [5.41, 5.74) is -0.368. The van der Waals surface area contributed by atoms with Gasteiger partial charge >= 0.3 is 5.69 Å². The third kappa shape index (κ3) is 2.32. The molecule has 0 aliphatic carbocycles. The molecule has 2 saturated heterocycles. The summed E-state index contributed by atoms with van der Waals surface area (Å²) in [6, 6.07) is 0. The van der Waals surface area contributed by atoms with Crippen LogP contribution in [0.15, 0.2) is 15.8 Å². The summed E-state index contributed by atoms with van der Waals surface area (Å²) in [5, 5.41) is 0. The number of aromatic nitrogens is 2. The topological polar surface area (TPSA) is 82.6 Å². The van der Waals surface area contributed by atoms with Crippen LogP contribution in [0.25, 0.3) is 0 Å². The van der Waals surface area contributed by atoms with E-state index in [1.54, 1.807) is 6.92 Å². The van der Waals surface area contributed by atoms with Crippen LogP contribution in [0, 0.1) is 6.92 Å². The third-order valence-corrected chi connectivity index (χ3v) is 3.67. The van der Waals surface area contributed by atoms with Crippen LogP contribution in [0.2, 0.25) is 0 Å². The number of hydrogen-bond acceptors (Lipinski definition) is 5. The number of aromatic amines is 1. The van der Waals surface area contributed by atoms with Crippen LogP contribution >= 0.6 is 0 Å². The molecular weight excluding hydrogens is 264 g/mol. The molecule has 2 aliphatic rings. The van der Waals surface area contributed by atoms with Crippen molar-refractivity contribution in [2.75, 3.05) is 6.61 Å². The second-order valence-corrected chi connectivity index (χ2v) is 5.71. The van der Waals surface area contributed by atoms with Crippen LogP contribution in [0.3, 0.4) is 0 Å². The Morgan fingerprint density at radius 3 is 2.85 bits per heavy atom. The molecule has 1 aromatic heterocycles. The van der Waals surface area contributed by atoms with Gasteiger partial charge in [0.2, 0.25) is 0 Å². The molecule has 2 fully saturated rings. The van der Waals surface area contributed by atoms with Gasteiger partial charge in [0.1, 0.15) is 12.3 Å². The van der Waals surface area contributed by atoms with E-state index in [1.165, 1.54) is 10.8 Å². The van der Waals surface area contributed by atoms with Crippen molar-refractivity contribution in [3.8, 4) is 0 Å². The number of fused-ring (bicyclic) bond motifs is 1. The normalized spacial score (nSPS) is 32.0. The highest BCUT2D eigenvalue weighted by Crippen LogP contribution is 2.36. The SMILES string of the molecule is Cc1cn([C@@H]2C[C@@H]3OC(C)(C)OC[C@@H]3O2)c(=O)[nH]c1=O. The summed E-state index contributed by atoms with van der Waals surface area (Å²) in [6.45, 7) is 5.80. The molecule has 1 aromatic rings. The highest BCUT2D eigenvalue weighted by molar-refractivity contribution is 5.02. The Morgan fingerprint density at radius 1 is 1.35 bits per heavy atom. The van der Waals surface area contributed by atoms with E-state index in [0.717, 1.165) is 0 Å². The molecule has 7 nitrogen and oxygen atoms in total. The maximum absolute atomic E-state index is 11.9. The molecule has 0 aromatic carbocycles. The van der Waals surface area contributed by atoms with Gasteiger partial charge in [0.05, 0.1) is 12.7 Å². The van der Waals surface area contributed by atoms with Gasteiger partial charge in [0.15, 0.2) is 5.79 Å². The van der Waals surface area contributed by atoms with Gasteiger partial charge in [-0.1, -0.05) is 0 Å². The second-order valence-electron chi connectivity index (χ2n) is 5.71. The number of aryl methyl sites for hydroxylation is 1. The molecule has 0 amide bonds. The van der Waals surface area contributed by atoms with Crippen molar-refractivity contribution in [3.05, 3.63) is 32.6 Å². The fourth-order valence-electron chi connectivity index (χ4n) is 2.63. The van der Waals surface area contributed by atoms with Gasteiger partial charge in [0, 0.05) is 18.2 Å². The molecule has 20 heavy (non-hydrogen) atoms. The Bertz CT molecular complexity index is 632. The molecular formula is C13H18N2O5. The monoisotopic (exact) mass is 282 g/mol.